The Balaban J connectivity index is 1.30. The lowest BCUT2D eigenvalue weighted by Gasteiger charge is -2.22. The van der Waals surface area contributed by atoms with Gasteiger partial charge in [0, 0.05) is 39.3 Å². The first-order chi connectivity index (χ1) is 28.0. The molecule has 0 aliphatic carbocycles. The van der Waals surface area contributed by atoms with E-state index < -0.39 is 0 Å². The van der Waals surface area contributed by atoms with Crippen LogP contribution in [0.1, 0.15) is 80.5 Å². The van der Waals surface area contributed by atoms with Gasteiger partial charge < -0.3 is 0 Å². The Labute approximate surface area is 346 Å². The van der Waals surface area contributed by atoms with Crippen molar-refractivity contribution in [1.29, 1.82) is 0 Å². The molecule has 0 aliphatic heterocycles. The minimum Gasteiger partial charge on any atom is -0.299 e. The van der Waals surface area contributed by atoms with Crippen LogP contribution in [-0.4, -0.2) is 34.1 Å². The fraction of sp³-hybridized carbons (Fsp3) is 0.250. The van der Waals surface area contributed by atoms with Crippen molar-refractivity contribution in [3.8, 4) is 45.7 Å². The van der Waals surface area contributed by atoms with Gasteiger partial charge in [0.05, 0.1) is 22.1 Å². The number of aromatic nitrogens is 7. The SMILES string of the molecule is Cc1cc(C)c(-c2nc(-c3cc(-n4cnc5cc(C)c(C)cc54)cc(C(C)(C)C)c3)nc(-c3ccc4c5ccccc5n(-c5cc(C(C)(C)C)ccn5)c4c3)n2)c(C)c1. The molecule has 0 bridgehead atoms. The summed E-state index contributed by atoms with van der Waals surface area (Å²) >= 11 is 0. The normalized spacial score (nSPS) is 12.3. The molecule has 0 amide bonds. The number of imidazole rings is 1. The molecule has 4 heterocycles. The van der Waals surface area contributed by atoms with Crippen LogP contribution in [0.3, 0.4) is 0 Å². The first-order valence-corrected chi connectivity index (χ1v) is 20.5. The number of para-hydroxylation sites is 1. The van der Waals surface area contributed by atoms with Gasteiger partial charge in [0.15, 0.2) is 17.5 Å². The quantitative estimate of drug-likeness (QED) is 0.174. The molecule has 0 unspecified atom stereocenters. The monoisotopic (exact) mass is 773 g/mol. The molecule has 9 rings (SSSR count). The molecule has 7 nitrogen and oxygen atoms in total. The van der Waals surface area contributed by atoms with Crippen LogP contribution in [0.5, 0.6) is 0 Å². The Hall–Kier alpha value is -6.47. The second kappa shape index (κ2) is 13.8. The van der Waals surface area contributed by atoms with Gasteiger partial charge in [-0.05, 0) is 133 Å². The van der Waals surface area contributed by atoms with Crippen molar-refractivity contribution in [2.24, 2.45) is 0 Å². The summed E-state index contributed by atoms with van der Waals surface area (Å²) in [5, 5.41) is 2.32. The number of hydrogen-bond donors (Lipinski definition) is 0. The molecule has 7 heteroatoms. The van der Waals surface area contributed by atoms with Crippen molar-refractivity contribution in [1.82, 2.24) is 34.1 Å². The fourth-order valence-electron chi connectivity index (χ4n) is 8.42. The maximum absolute atomic E-state index is 5.35. The van der Waals surface area contributed by atoms with Gasteiger partial charge in [-0.3, -0.25) is 9.13 Å². The van der Waals surface area contributed by atoms with E-state index in [1.54, 1.807) is 0 Å². The minimum atomic E-state index is -0.146. The van der Waals surface area contributed by atoms with Crippen LogP contribution in [0.2, 0.25) is 0 Å². The molecular weight excluding hydrogens is 723 g/mol. The molecule has 0 aliphatic rings. The number of aryl methyl sites for hydroxylation is 5. The minimum absolute atomic E-state index is 0.0291. The van der Waals surface area contributed by atoms with Crippen LogP contribution < -0.4 is 0 Å². The third-order valence-corrected chi connectivity index (χ3v) is 11.8. The Morgan fingerprint density at radius 3 is 1.88 bits per heavy atom. The van der Waals surface area contributed by atoms with Crippen LogP contribution in [0.25, 0.3) is 78.5 Å². The standard InChI is InChI=1S/C52H51N7/c1-30-20-33(4)47(34(5)21-30)50-56-48(35-16-17-41-40-14-12-13-15-43(40)59(44(41)26-35)46-28-37(18-19-53-46)51(6,7)8)55-49(57-50)36-24-38(52(9,10)11)27-39(25-36)58-29-54-42-22-31(2)32(3)23-45(42)58/h12-29H,1-11H3. The Morgan fingerprint density at radius 2 is 1.15 bits per heavy atom. The maximum atomic E-state index is 5.35. The van der Waals surface area contributed by atoms with Crippen molar-refractivity contribution in [3.05, 3.63) is 149 Å². The van der Waals surface area contributed by atoms with Gasteiger partial charge in [0.1, 0.15) is 12.1 Å². The summed E-state index contributed by atoms with van der Waals surface area (Å²) in [7, 11) is 0. The van der Waals surface area contributed by atoms with Crippen molar-refractivity contribution in [3.63, 3.8) is 0 Å². The highest BCUT2D eigenvalue weighted by Crippen LogP contribution is 2.37. The average molecular weight is 774 g/mol. The van der Waals surface area contributed by atoms with Gasteiger partial charge in [0.2, 0.25) is 0 Å². The molecule has 0 saturated carbocycles. The van der Waals surface area contributed by atoms with Crippen LogP contribution in [-0.2, 0) is 10.8 Å². The van der Waals surface area contributed by atoms with Gasteiger partial charge in [-0.2, -0.15) is 0 Å². The molecule has 0 spiro atoms. The van der Waals surface area contributed by atoms with Crippen LogP contribution >= 0.6 is 0 Å². The summed E-state index contributed by atoms with van der Waals surface area (Å²) in [6.07, 6.45) is 3.85. The number of benzene rings is 5. The van der Waals surface area contributed by atoms with Crippen molar-refractivity contribution in [2.75, 3.05) is 0 Å². The highest BCUT2D eigenvalue weighted by molar-refractivity contribution is 6.10. The van der Waals surface area contributed by atoms with Gasteiger partial charge in [0.25, 0.3) is 0 Å². The molecule has 294 valence electrons. The van der Waals surface area contributed by atoms with Crippen LogP contribution in [0.15, 0.2) is 110 Å². The highest BCUT2D eigenvalue weighted by Gasteiger charge is 2.23. The Bertz CT molecular complexity index is 3110. The van der Waals surface area contributed by atoms with E-state index in [2.05, 4.69) is 182 Å². The third-order valence-electron chi connectivity index (χ3n) is 11.8. The summed E-state index contributed by atoms with van der Waals surface area (Å²) in [6.45, 7) is 24.2. The zero-order chi connectivity index (χ0) is 41.5. The Morgan fingerprint density at radius 1 is 0.492 bits per heavy atom. The summed E-state index contributed by atoms with van der Waals surface area (Å²) < 4.78 is 4.46. The second-order valence-electron chi connectivity index (χ2n) is 18.4. The van der Waals surface area contributed by atoms with E-state index in [-0.39, 0.29) is 10.8 Å². The predicted octanol–water partition coefficient (Wildman–Crippen LogP) is 12.8. The van der Waals surface area contributed by atoms with E-state index in [0.29, 0.717) is 17.5 Å². The Kier molecular flexibility index (Phi) is 8.93. The van der Waals surface area contributed by atoms with Crippen molar-refractivity contribution < 1.29 is 0 Å². The zero-order valence-electron chi connectivity index (χ0n) is 36.0. The van der Waals surface area contributed by atoms with Crippen molar-refractivity contribution >= 4 is 32.8 Å². The third kappa shape index (κ3) is 6.78. The summed E-state index contributed by atoms with van der Waals surface area (Å²) in [5.41, 5.74) is 16.2. The number of rotatable bonds is 5. The summed E-state index contributed by atoms with van der Waals surface area (Å²) in [6, 6.07) is 35.0. The topological polar surface area (TPSA) is 74.3 Å². The molecule has 9 aromatic rings. The summed E-state index contributed by atoms with van der Waals surface area (Å²) in [5.74, 6) is 2.77. The second-order valence-corrected chi connectivity index (χ2v) is 18.4. The van der Waals surface area contributed by atoms with E-state index in [0.717, 1.165) is 66.8 Å². The molecule has 0 N–H and O–H groups in total. The van der Waals surface area contributed by atoms with E-state index in [4.69, 9.17) is 24.9 Å². The predicted molar refractivity (Wildman–Crippen MR) is 244 cm³/mol. The fourth-order valence-corrected chi connectivity index (χ4v) is 8.42. The van der Waals surface area contributed by atoms with Crippen LogP contribution in [0.4, 0.5) is 0 Å². The molecule has 0 saturated heterocycles. The molecule has 0 radical (unpaired) electrons. The number of pyridine rings is 1. The number of nitrogens with zero attached hydrogens (tertiary/aromatic N) is 7. The lowest BCUT2D eigenvalue weighted by atomic mass is 9.85. The largest absolute Gasteiger partial charge is 0.299 e. The molecule has 0 fully saturated rings. The molecule has 59 heavy (non-hydrogen) atoms. The lowest BCUT2D eigenvalue weighted by Crippen LogP contribution is -2.12. The van der Waals surface area contributed by atoms with E-state index in [1.807, 2.05) is 12.5 Å². The number of hydrogen-bond acceptors (Lipinski definition) is 5. The molecule has 5 aromatic carbocycles. The van der Waals surface area contributed by atoms with E-state index in [1.165, 1.54) is 33.2 Å². The summed E-state index contributed by atoms with van der Waals surface area (Å²) in [4.78, 5) is 25.7. The highest BCUT2D eigenvalue weighted by atomic mass is 15.1. The first-order valence-electron chi connectivity index (χ1n) is 20.5. The average Bonchev–Trinajstić information content (AvgIpc) is 3.75. The smallest absolute Gasteiger partial charge is 0.164 e. The first kappa shape index (κ1) is 38.1. The van der Waals surface area contributed by atoms with Gasteiger partial charge in [-0.15, -0.1) is 0 Å². The van der Waals surface area contributed by atoms with E-state index in [9.17, 15) is 0 Å². The maximum Gasteiger partial charge on any atom is 0.164 e. The molecule has 4 aromatic heterocycles. The molecule has 0 atom stereocenters. The van der Waals surface area contributed by atoms with Crippen molar-refractivity contribution in [2.45, 2.75) is 87.0 Å². The van der Waals surface area contributed by atoms with Gasteiger partial charge in [-0.25, -0.2) is 24.9 Å². The zero-order valence-corrected chi connectivity index (χ0v) is 36.0. The van der Waals surface area contributed by atoms with Crippen LogP contribution in [0, 0.1) is 34.6 Å². The lowest BCUT2D eigenvalue weighted by molar-refractivity contribution is 0.588. The number of fused-ring (bicyclic) bond motifs is 4. The van der Waals surface area contributed by atoms with Gasteiger partial charge >= 0.3 is 0 Å². The molecular formula is C52H51N7. The van der Waals surface area contributed by atoms with E-state index >= 15 is 0 Å². The van der Waals surface area contributed by atoms with Gasteiger partial charge in [-0.1, -0.05) is 89.6 Å².